The molecule has 0 spiro atoms. The van der Waals surface area contributed by atoms with Gasteiger partial charge in [0.1, 0.15) is 0 Å². The van der Waals surface area contributed by atoms with Gasteiger partial charge in [-0.05, 0) is 65.6 Å². The summed E-state index contributed by atoms with van der Waals surface area (Å²) in [5.41, 5.74) is 7.26. The summed E-state index contributed by atoms with van der Waals surface area (Å²) in [6.45, 7) is 0.908. The van der Waals surface area contributed by atoms with E-state index in [-0.39, 0.29) is 0 Å². The highest BCUT2D eigenvalue weighted by Gasteiger charge is 2.39. The second kappa shape index (κ2) is 4.98. The zero-order valence-electron chi connectivity index (χ0n) is 11.7. The number of hydrogen-bond donors (Lipinski definition) is 1. The molecular formula is C15H18ClN5. The normalized spacial score (nSPS) is 27.4. The number of nitrogen functional groups attached to an aromatic ring is 1. The summed E-state index contributed by atoms with van der Waals surface area (Å²) in [4.78, 5) is 0. The Morgan fingerprint density at radius 2 is 2.19 bits per heavy atom. The maximum atomic E-state index is 6.10. The number of nitrogens with zero attached hydrogens (tertiary/aromatic N) is 4. The van der Waals surface area contributed by atoms with Gasteiger partial charge in [-0.3, -0.25) is 0 Å². The highest BCUT2D eigenvalue weighted by atomic mass is 35.5. The third-order valence-corrected chi connectivity index (χ3v) is 5.41. The Labute approximate surface area is 128 Å². The van der Waals surface area contributed by atoms with E-state index in [1.807, 2.05) is 16.8 Å². The Morgan fingerprint density at radius 1 is 1.29 bits per heavy atom. The molecule has 2 aromatic rings. The van der Waals surface area contributed by atoms with Crippen LogP contribution in [0, 0.1) is 17.8 Å². The van der Waals surface area contributed by atoms with Crippen molar-refractivity contribution in [3.05, 3.63) is 23.2 Å². The van der Waals surface area contributed by atoms with Gasteiger partial charge in [-0.15, -0.1) is 5.10 Å². The fraction of sp³-hybridized carbons (Fsp3) is 0.533. The van der Waals surface area contributed by atoms with E-state index < -0.39 is 0 Å². The van der Waals surface area contributed by atoms with Gasteiger partial charge < -0.3 is 5.73 Å². The van der Waals surface area contributed by atoms with E-state index in [1.54, 1.807) is 6.07 Å². The molecular weight excluding hydrogens is 286 g/mol. The van der Waals surface area contributed by atoms with E-state index in [0.29, 0.717) is 10.7 Å². The molecule has 3 unspecified atom stereocenters. The summed E-state index contributed by atoms with van der Waals surface area (Å²) in [5, 5.41) is 12.7. The van der Waals surface area contributed by atoms with Gasteiger partial charge in [0.25, 0.3) is 0 Å². The van der Waals surface area contributed by atoms with Crippen molar-refractivity contribution in [2.45, 2.75) is 32.2 Å². The van der Waals surface area contributed by atoms with Crippen molar-refractivity contribution < 1.29 is 0 Å². The van der Waals surface area contributed by atoms with Crippen molar-refractivity contribution in [2.24, 2.45) is 17.8 Å². The van der Waals surface area contributed by atoms with E-state index in [0.717, 1.165) is 35.7 Å². The molecule has 21 heavy (non-hydrogen) atoms. The van der Waals surface area contributed by atoms with Crippen LogP contribution in [-0.2, 0) is 6.54 Å². The number of anilines is 1. The number of fused-ring (bicyclic) bond motifs is 2. The van der Waals surface area contributed by atoms with Gasteiger partial charge in [-0.1, -0.05) is 18.0 Å². The van der Waals surface area contributed by atoms with Crippen molar-refractivity contribution in [1.82, 2.24) is 20.2 Å². The maximum absolute atomic E-state index is 6.10. The average Bonchev–Trinajstić information content (AvgIpc) is 3.18. The lowest BCUT2D eigenvalue weighted by Crippen LogP contribution is -2.18. The molecule has 2 bridgehead atoms. The summed E-state index contributed by atoms with van der Waals surface area (Å²) in [5.74, 6) is 3.29. The van der Waals surface area contributed by atoms with Gasteiger partial charge in [0.2, 0.25) is 0 Å². The highest BCUT2D eigenvalue weighted by molar-refractivity contribution is 6.33. The van der Waals surface area contributed by atoms with Crippen LogP contribution in [0.3, 0.4) is 0 Å². The lowest BCUT2D eigenvalue weighted by molar-refractivity contribution is 0.284. The Bertz CT molecular complexity index is 668. The largest absolute Gasteiger partial charge is 0.398 e. The van der Waals surface area contributed by atoms with E-state index in [2.05, 4.69) is 15.5 Å². The van der Waals surface area contributed by atoms with Gasteiger partial charge in [0, 0.05) is 12.1 Å². The molecule has 4 rings (SSSR count). The topological polar surface area (TPSA) is 69.6 Å². The van der Waals surface area contributed by atoms with E-state index >= 15 is 0 Å². The first kappa shape index (κ1) is 13.1. The SMILES string of the molecule is Nc1ccc(-c2nnnn2CC2CC3CCC2C3)cc1Cl. The predicted molar refractivity (Wildman–Crippen MR) is 81.6 cm³/mol. The van der Waals surface area contributed by atoms with Crippen LogP contribution < -0.4 is 5.73 Å². The molecule has 0 aliphatic heterocycles. The second-order valence-corrected chi connectivity index (χ2v) is 6.76. The first-order valence-electron chi connectivity index (χ1n) is 7.52. The third kappa shape index (κ3) is 2.29. The number of rotatable bonds is 3. The Morgan fingerprint density at radius 3 is 2.90 bits per heavy atom. The summed E-state index contributed by atoms with van der Waals surface area (Å²) >= 11 is 6.10. The van der Waals surface area contributed by atoms with Crippen LogP contribution >= 0.6 is 11.6 Å². The monoisotopic (exact) mass is 303 g/mol. The number of benzene rings is 1. The number of hydrogen-bond acceptors (Lipinski definition) is 4. The molecule has 6 heteroatoms. The molecule has 0 amide bonds. The average molecular weight is 304 g/mol. The van der Waals surface area contributed by atoms with Crippen molar-refractivity contribution in [1.29, 1.82) is 0 Å². The number of nitrogens with two attached hydrogens (primary N) is 1. The minimum absolute atomic E-state index is 0.543. The maximum Gasteiger partial charge on any atom is 0.182 e. The minimum atomic E-state index is 0.543. The molecule has 2 N–H and O–H groups in total. The zero-order valence-corrected chi connectivity index (χ0v) is 12.5. The summed E-state index contributed by atoms with van der Waals surface area (Å²) in [6.07, 6.45) is 5.51. The molecule has 2 saturated carbocycles. The lowest BCUT2D eigenvalue weighted by Gasteiger charge is -2.21. The van der Waals surface area contributed by atoms with E-state index in [9.17, 15) is 0 Å². The minimum Gasteiger partial charge on any atom is -0.398 e. The molecule has 2 fully saturated rings. The standard InChI is InChI=1S/C15H18ClN5/c16-13-7-11(3-4-14(13)17)15-18-19-20-21(15)8-12-6-9-1-2-10(12)5-9/h3-4,7,9-10,12H,1-2,5-6,8,17H2. The van der Waals surface area contributed by atoms with Crippen LogP contribution in [0.15, 0.2) is 18.2 Å². The molecule has 110 valence electrons. The van der Waals surface area contributed by atoms with Gasteiger partial charge in [-0.2, -0.15) is 0 Å². The molecule has 5 nitrogen and oxygen atoms in total. The summed E-state index contributed by atoms with van der Waals surface area (Å²) < 4.78 is 1.92. The quantitative estimate of drug-likeness (QED) is 0.885. The molecule has 1 heterocycles. The number of halogens is 1. The van der Waals surface area contributed by atoms with Gasteiger partial charge in [0.15, 0.2) is 5.82 Å². The van der Waals surface area contributed by atoms with Crippen LogP contribution in [0.1, 0.15) is 25.7 Å². The lowest BCUT2D eigenvalue weighted by atomic mass is 9.89. The van der Waals surface area contributed by atoms with Crippen LogP contribution in [0.4, 0.5) is 5.69 Å². The summed E-state index contributed by atoms with van der Waals surface area (Å²) in [6, 6.07) is 5.55. The van der Waals surface area contributed by atoms with Crippen LogP contribution in [0.25, 0.3) is 11.4 Å². The molecule has 1 aromatic carbocycles. The first-order chi connectivity index (χ1) is 10.2. The molecule has 0 saturated heterocycles. The number of aromatic nitrogens is 4. The van der Waals surface area contributed by atoms with E-state index in [4.69, 9.17) is 17.3 Å². The van der Waals surface area contributed by atoms with Crippen molar-refractivity contribution in [2.75, 3.05) is 5.73 Å². The van der Waals surface area contributed by atoms with Crippen LogP contribution in [0.5, 0.6) is 0 Å². The second-order valence-electron chi connectivity index (χ2n) is 6.36. The van der Waals surface area contributed by atoms with Gasteiger partial charge in [-0.25, -0.2) is 4.68 Å². The molecule has 3 atom stereocenters. The van der Waals surface area contributed by atoms with Crippen molar-refractivity contribution in [3.63, 3.8) is 0 Å². The molecule has 1 aromatic heterocycles. The fourth-order valence-corrected chi connectivity index (χ4v) is 4.20. The fourth-order valence-electron chi connectivity index (χ4n) is 4.02. The molecule has 2 aliphatic carbocycles. The van der Waals surface area contributed by atoms with Crippen molar-refractivity contribution >= 4 is 17.3 Å². The van der Waals surface area contributed by atoms with E-state index in [1.165, 1.54) is 25.7 Å². The van der Waals surface area contributed by atoms with Gasteiger partial charge >= 0.3 is 0 Å². The summed E-state index contributed by atoms with van der Waals surface area (Å²) in [7, 11) is 0. The Balaban J connectivity index is 1.60. The third-order valence-electron chi connectivity index (χ3n) is 5.08. The van der Waals surface area contributed by atoms with Gasteiger partial charge in [0.05, 0.1) is 10.7 Å². The van der Waals surface area contributed by atoms with Crippen LogP contribution in [0.2, 0.25) is 5.02 Å². The Hall–Kier alpha value is -1.62. The zero-order chi connectivity index (χ0) is 14.4. The first-order valence-corrected chi connectivity index (χ1v) is 7.90. The predicted octanol–water partition coefficient (Wildman–Crippen LogP) is 3.01. The highest BCUT2D eigenvalue weighted by Crippen LogP contribution is 2.48. The smallest absolute Gasteiger partial charge is 0.182 e. The Kier molecular flexibility index (Phi) is 3.10. The van der Waals surface area contributed by atoms with Crippen LogP contribution in [-0.4, -0.2) is 20.2 Å². The van der Waals surface area contributed by atoms with Crippen molar-refractivity contribution in [3.8, 4) is 11.4 Å². The number of tetrazole rings is 1. The molecule has 2 aliphatic rings. The molecule has 0 radical (unpaired) electrons.